The maximum Gasteiger partial charge on any atom is 0.224 e. The van der Waals surface area contributed by atoms with Crippen LogP contribution in [0.1, 0.15) is 12.8 Å². The molecule has 1 spiro atoms. The second-order valence-electron chi connectivity index (χ2n) is 4.98. The zero-order valence-electron chi connectivity index (χ0n) is 8.89. The molecule has 3 aliphatic heterocycles. The molecule has 0 aromatic heterocycles. The lowest BCUT2D eigenvalue weighted by molar-refractivity contribution is -0.335. The number of ether oxygens (including phenoxy) is 4. The van der Waals surface area contributed by atoms with Crippen molar-refractivity contribution < 1.29 is 23.7 Å². The first-order valence-corrected chi connectivity index (χ1v) is 5.86. The number of ketones is 1. The highest BCUT2D eigenvalue weighted by Crippen LogP contribution is 2.53. The third kappa shape index (κ3) is 1.02. The van der Waals surface area contributed by atoms with Gasteiger partial charge in [0.25, 0.3) is 0 Å². The van der Waals surface area contributed by atoms with E-state index in [0.717, 1.165) is 0 Å². The topological polar surface area (TPSA) is 54.0 Å². The van der Waals surface area contributed by atoms with Crippen LogP contribution in [0.4, 0.5) is 0 Å². The highest BCUT2D eigenvalue weighted by Gasteiger charge is 2.65. The lowest BCUT2D eigenvalue weighted by Gasteiger charge is -2.43. The molecular formula is C11H14O5. The average molecular weight is 226 g/mol. The van der Waals surface area contributed by atoms with Crippen LogP contribution in [0.25, 0.3) is 0 Å². The molecule has 5 nitrogen and oxygen atoms in total. The Morgan fingerprint density at radius 3 is 2.81 bits per heavy atom. The summed E-state index contributed by atoms with van der Waals surface area (Å²) in [6.07, 6.45) is 0.747. The Balaban J connectivity index is 1.76. The fourth-order valence-electron chi connectivity index (χ4n) is 3.54. The summed E-state index contributed by atoms with van der Waals surface area (Å²) >= 11 is 0. The molecule has 4 rings (SSSR count). The second kappa shape index (κ2) is 3.04. The Morgan fingerprint density at radius 1 is 1.19 bits per heavy atom. The molecule has 0 N–H and O–H groups in total. The Kier molecular flexibility index (Phi) is 1.81. The molecule has 3 heterocycles. The molecule has 0 aromatic carbocycles. The van der Waals surface area contributed by atoms with E-state index in [4.69, 9.17) is 18.9 Å². The number of rotatable bonds is 0. The van der Waals surface area contributed by atoms with Gasteiger partial charge >= 0.3 is 0 Å². The average Bonchev–Trinajstić information content (AvgIpc) is 2.90. The number of carbonyl (C=O) groups excluding carboxylic acids is 1. The summed E-state index contributed by atoms with van der Waals surface area (Å²) in [6, 6.07) is 0. The van der Waals surface area contributed by atoms with E-state index in [2.05, 4.69) is 0 Å². The van der Waals surface area contributed by atoms with E-state index < -0.39 is 12.1 Å². The summed E-state index contributed by atoms with van der Waals surface area (Å²) in [6.45, 7) is 1.68. The van der Waals surface area contributed by atoms with Crippen LogP contribution in [-0.4, -0.2) is 43.8 Å². The minimum Gasteiger partial charge on any atom is -0.345 e. The number of fused-ring (bicyclic) bond motifs is 6. The van der Waals surface area contributed by atoms with Crippen LogP contribution in [0.3, 0.4) is 0 Å². The highest BCUT2D eigenvalue weighted by atomic mass is 16.8. The van der Waals surface area contributed by atoms with E-state index in [0.29, 0.717) is 38.4 Å². The molecule has 4 atom stereocenters. The van der Waals surface area contributed by atoms with Crippen LogP contribution in [0.5, 0.6) is 0 Å². The van der Waals surface area contributed by atoms with Crippen molar-refractivity contribution in [2.24, 2.45) is 11.8 Å². The molecule has 0 amide bonds. The first kappa shape index (κ1) is 9.53. The lowest BCUT2D eigenvalue weighted by Crippen LogP contribution is -2.56. The van der Waals surface area contributed by atoms with Crippen molar-refractivity contribution in [1.82, 2.24) is 0 Å². The summed E-state index contributed by atoms with van der Waals surface area (Å²) < 4.78 is 22.9. The zero-order chi connectivity index (χ0) is 10.8. The van der Waals surface area contributed by atoms with Crippen LogP contribution in [-0.2, 0) is 23.7 Å². The van der Waals surface area contributed by atoms with Gasteiger partial charge in [-0.2, -0.15) is 0 Å². The molecule has 16 heavy (non-hydrogen) atoms. The van der Waals surface area contributed by atoms with Crippen molar-refractivity contribution in [3.8, 4) is 0 Å². The molecular weight excluding hydrogens is 212 g/mol. The van der Waals surface area contributed by atoms with Crippen LogP contribution >= 0.6 is 0 Å². The Hall–Kier alpha value is -0.490. The van der Waals surface area contributed by atoms with Gasteiger partial charge in [0.15, 0.2) is 0 Å². The van der Waals surface area contributed by atoms with Crippen molar-refractivity contribution in [3.63, 3.8) is 0 Å². The van der Waals surface area contributed by atoms with Gasteiger partial charge in [0, 0.05) is 24.7 Å². The molecule has 4 fully saturated rings. The molecule has 0 aromatic rings. The standard InChI is InChI=1S/C11H14O5/c12-6-3-7-8(4-6)11(14-1-2-15-11)10-13-5-9(7)16-10/h7-10H,1-5H2/t7-,8+,9+,10+/m0/s1. The summed E-state index contributed by atoms with van der Waals surface area (Å²) in [4.78, 5) is 11.6. The van der Waals surface area contributed by atoms with Gasteiger partial charge in [-0.1, -0.05) is 0 Å². The third-order valence-corrected chi connectivity index (χ3v) is 4.20. The molecule has 1 aliphatic carbocycles. The molecule has 3 saturated heterocycles. The van der Waals surface area contributed by atoms with Crippen molar-refractivity contribution in [3.05, 3.63) is 0 Å². The summed E-state index contributed by atoms with van der Waals surface area (Å²) in [5.74, 6) is -0.174. The van der Waals surface area contributed by atoms with E-state index in [9.17, 15) is 4.79 Å². The number of hydrogen-bond acceptors (Lipinski definition) is 5. The molecule has 0 radical (unpaired) electrons. The van der Waals surface area contributed by atoms with Gasteiger partial charge in [-0.05, 0) is 0 Å². The fraction of sp³-hybridized carbons (Fsp3) is 0.909. The largest absolute Gasteiger partial charge is 0.345 e. The minimum absolute atomic E-state index is 0.0554. The van der Waals surface area contributed by atoms with Gasteiger partial charge in [-0.15, -0.1) is 0 Å². The predicted molar refractivity (Wildman–Crippen MR) is 50.5 cm³/mol. The summed E-state index contributed by atoms with van der Waals surface area (Å²) in [7, 11) is 0. The van der Waals surface area contributed by atoms with Crippen molar-refractivity contribution in [2.75, 3.05) is 19.8 Å². The predicted octanol–water partition coefficient (Wildman–Crippen LogP) is 0.0799. The normalized spacial score (nSPS) is 48.9. The van der Waals surface area contributed by atoms with Crippen LogP contribution in [0.2, 0.25) is 0 Å². The monoisotopic (exact) mass is 226 g/mol. The van der Waals surface area contributed by atoms with Gasteiger partial charge in [-0.3, -0.25) is 4.79 Å². The summed E-state index contributed by atoms with van der Waals surface area (Å²) in [5, 5.41) is 0. The first-order valence-electron chi connectivity index (χ1n) is 5.86. The molecule has 5 heteroatoms. The second-order valence-corrected chi connectivity index (χ2v) is 4.98. The molecule has 88 valence electrons. The molecule has 2 bridgehead atoms. The molecule has 0 unspecified atom stereocenters. The van der Waals surface area contributed by atoms with Gasteiger partial charge in [0.1, 0.15) is 5.78 Å². The minimum atomic E-state index is -0.802. The first-order chi connectivity index (χ1) is 7.79. The Bertz CT molecular complexity index is 335. The van der Waals surface area contributed by atoms with E-state index >= 15 is 0 Å². The van der Waals surface area contributed by atoms with Crippen LogP contribution in [0, 0.1) is 11.8 Å². The van der Waals surface area contributed by atoms with E-state index in [-0.39, 0.29) is 17.9 Å². The highest BCUT2D eigenvalue weighted by molar-refractivity contribution is 5.81. The zero-order valence-corrected chi connectivity index (χ0v) is 8.89. The number of carbonyl (C=O) groups is 1. The Morgan fingerprint density at radius 2 is 2.00 bits per heavy atom. The maximum atomic E-state index is 11.6. The van der Waals surface area contributed by atoms with Gasteiger partial charge in [0.2, 0.25) is 12.1 Å². The van der Waals surface area contributed by atoms with E-state index in [1.807, 2.05) is 0 Å². The van der Waals surface area contributed by atoms with E-state index in [1.165, 1.54) is 0 Å². The van der Waals surface area contributed by atoms with E-state index in [1.54, 1.807) is 0 Å². The van der Waals surface area contributed by atoms with Crippen molar-refractivity contribution in [1.29, 1.82) is 0 Å². The molecule has 1 saturated carbocycles. The number of hydrogen-bond donors (Lipinski definition) is 0. The van der Waals surface area contributed by atoms with Crippen molar-refractivity contribution in [2.45, 2.75) is 31.0 Å². The van der Waals surface area contributed by atoms with Crippen molar-refractivity contribution >= 4 is 5.78 Å². The molecule has 4 aliphatic rings. The summed E-state index contributed by atoms with van der Waals surface area (Å²) in [5.41, 5.74) is 0. The fourth-order valence-corrected chi connectivity index (χ4v) is 3.54. The van der Waals surface area contributed by atoms with Crippen LogP contribution in [0.15, 0.2) is 0 Å². The van der Waals surface area contributed by atoms with Crippen LogP contribution < -0.4 is 0 Å². The Labute approximate surface area is 93.0 Å². The van der Waals surface area contributed by atoms with Gasteiger partial charge < -0.3 is 18.9 Å². The van der Waals surface area contributed by atoms with Gasteiger partial charge in [0.05, 0.1) is 25.9 Å². The number of Topliss-reactive ketones (excluding diaryl/α,β-unsaturated/α-hetero) is 1. The quantitative estimate of drug-likeness (QED) is 0.585. The lowest BCUT2D eigenvalue weighted by atomic mass is 9.82. The maximum absolute atomic E-state index is 11.6. The SMILES string of the molecule is O=C1C[C@H]2[C@@H](C1)C1(OCCO1)[C@@H]1OC[C@H]2O1. The smallest absolute Gasteiger partial charge is 0.224 e. The van der Waals surface area contributed by atoms with Gasteiger partial charge in [-0.25, -0.2) is 0 Å². The third-order valence-electron chi connectivity index (χ3n) is 4.20.